The molecular formula is C22H19Cl2FN2O2. The Labute approximate surface area is 178 Å². The van der Waals surface area contributed by atoms with Gasteiger partial charge in [-0.3, -0.25) is 14.5 Å². The summed E-state index contributed by atoms with van der Waals surface area (Å²) < 4.78 is 13.2. The van der Waals surface area contributed by atoms with Crippen LogP contribution in [0.3, 0.4) is 0 Å². The smallest absolute Gasteiger partial charge is 0.278 e. The maximum Gasteiger partial charge on any atom is 0.278 e. The van der Waals surface area contributed by atoms with E-state index in [-0.39, 0.29) is 18.3 Å². The van der Waals surface area contributed by atoms with E-state index >= 15 is 0 Å². The van der Waals surface area contributed by atoms with Gasteiger partial charge in [-0.1, -0.05) is 41.4 Å². The van der Waals surface area contributed by atoms with E-state index < -0.39 is 5.91 Å². The Morgan fingerprint density at radius 1 is 0.897 bits per heavy atom. The molecule has 0 radical (unpaired) electrons. The van der Waals surface area contributed by atoms with E-state index in [2.05, 4.69) is 0 Å². The minimum absolute atomic E-state index is 0.0734. The number of piperidine rings is 1. The number of nitrogens with zero attached hydrogens (tertiary/aromatic N) is 2. The number of rotatable bonds is 4. The van der Waals surface area contributed by atoms with Crippen LogP contribution in [0.4, 0.5) is 4.39 Å². The number of amides is 2. The molecule has 29 heavy (non-hydrogen) atoms. The van der Waals surface area contributed by atoms with Crippen molar-refractivity contribution in [2.45, 2.75) is 25.8 Å². The fourth-order valence-electron chi connectivity index (χ4n) is 3.83. The highest BCUT2D eigenvalue weighted by molar-refractivity contribution is 6.41. The number of carbonyl (C=O) groups excluding carboxylic acids is 2. The zero-order chi connectivity index (χ0) is 20.5. The molecule has 2 heterocycles. The average molecular weight is 433 g/mol. The maximum absolute atomic E-state index is 13.3. The lowest BCUT2D eigenvalue weighted by Gasteiger charge is -2.29. The van der Waals surface area contributed by atoms with Crippen LogP contribution < -0.4 is 0 Å². The van der Waals surface area contributed by atoms with Gasteiger partial charge in [-0.2, -0.15) is 0 Å². The Morgan fingerprint density at radius 3 is 2.24 bits per heavy atom. The van der Waals surface area contributed by atoms with Crippen LogP contribution >= 0.6 is 23.2 Å². The highest BCUT2D eigenvalue weighted by Gasteiger charge is 2.42. The second-order valence-corrected chi connectivity index (χ2v) is 8.06. The van der Waals surface area contributed by atoms with Gasteiger partial charge in [0, 0.05) is 23.7 Å². The predicted octanol–water partition coefficient (Wildman–Crippen LogP) is 4.90. The average Bonchev–Trinajstić information content (AvgIpc) is 2.95. The summed E-state index contributed by atoms with van der Waals surface area (Å²) in [5.74, 6) is -1.11. The molecular weight excluding hydrogens is 414 g/mol. The maximum atomic E-state index is 13.3. The largest absolute Gasteiger partial charge is 0.366 e. The normalized spacial score (nSPS) is 17.5. The summed E-state index contributed by atoms with van der Waals surface area (Å²) in [6.45, 7) is 1.50. The van der Waals surface area contributed by atoms with Crippen LogP contribution in [-0.4, -0.2) is 34.7 Å². The fraction of sp³-hybridized carbons (Fsp3) is 0.273. The lowest BCUT2D eigenvalue weighted by Crippen LogP contribution is -2.36. The van der Waals surface area contributed by atoms with Crippen LogP contribution in [0.2, 0.25) is 10.0 Å². The Kier molecular flexibility index (Phi) is 5.61. The molecule has 0 aromatic heterocycles. The van der Waals surface area contributed by atoms with Crippen molar-refractivity contribution in [2.75, 3.05) is 13.1 Å². The molecule has 0 N–H and O–H groups in total. The van der Waals surface area contributed by atoms with Crippen molar-refractivity contribution in [3.05, 3.63) is 75.2 Å². The number of likely N-dealkylation sites (tertiary alicyclic amines) is 1. The van der Waals surface area contributed by atoms with Gasteiger partial charge in [-0.15, -0.1) is 0 Å². The van der Waals surface area contributed by atoms with E-state index in [4.69, 9.17) is 23.2 Å². The van der Waals surface area contributed by atoms with Crippen LogP contribution in [-0.2, 0) is 16.1 Å². The summed E-state index contributed by atoms with van der Waals surface area (Å²) >= 11 is 12.4. The van der Waals surface area contributed by atoms with Gasteiger partial charge in [0.25, 0.3) is 11.8 Å². The van der Waals surface area contributed by atoms with Gasteiger partial charge in [-0.05, 0) is 49.1 Å². The van der Waals surface area contributed by atoms with Crippen LogP contribution in [0.1, 0.15) is 30.4 Å². The lowest BCUT2D eigenvalue weighted by atomic mass is 10.0. The molecule has 4 rings (SSSR count). The third-order valence-electron chi connectivity index (χ3n) is 5.27. The zero-order valence-corrected chi connectivity index (χ0v) is 17.1. The molecule has 4 nitrogen and oxygen atoms in total. The van der Waals surface area contributed by atoms with Crippen LogP contribution in [0.15, 0.2) is 48.2 Å². The zero-order valence-electron chi connectivity index (χ0n) is 15.6. The van der Waals surface area contributed by atoms with Crippen molar-refractivity contribution in [1.82, 2.24) is 9.80 Å². The second-order valence-electron chi connectivity index (χ2n) is 7.22. The number of hydrogen-bond acceptors (Lipinski definition) is 3. The van der Waals surface area contributed by atoms with Crippen LogP contribution in [0, 0.1) is 5.82 Å². The molecule has 0 saturated carbocycles. The molecule has 2 aromatic carbocycles. The van der Waals surface area contributed by atoms with E-state index in [1.165, 1.54) is 17.0 Å². The third kappa shape index (κ3) is 3.89. The molecule has 0 unspecified atom stereocenters. The van der Waals surface area contributed by atoms with Crippen molar-refractivity contribution in [2.24, 2.45) is 0 Å². The first-order chi connectivity index (χ1) is 14.0. The highest BCUT2D eigenvalue weighted by atomic mass is 35.5. The van der Waals surface area contributed by atoms with Crippen LogP contribution in [0.5, 0.6) is 0 Å². The van der Waals surface area contributed by atoms with E-state index in [9.17, 15) is 14.0 Å². The first-order valence-corrected chi connectivity index (χ1v) is 10.3. The number of benzene rings is 2. The Balaban J connectivity index is 1.76. The van der Waals surface area contributed by atoms with Gasteiger partial charge in [0.1, 0.15) is 11.5 Å². The lowest BCUT2D eigenvalue weighted by molar-refractivity contribution is -0.138. The van der Waals surface area contributed by atoms with Crippen molar-refractivity contribution in [1.29, 1.82) is 0 Å². The first-order valence-electron chi connectivity index (χ1n) is 9.51. The summed E-state index contributed by atoms with van der Waals surface area (Å²) in [7, 11) is 0. The van der Waals surface area contributed by atoms with E-state index in [0.29, 0.717) is 45.5 Å². The van der Waals surface area contributed by atoms with Crippen molar-refractivity contribution in [3.8, 4) is 0 Å². The standard InChI is InChI=1S/C22H19Cl2FN2O2/c23-15-6-9-17(18(24)12-15)19-20(26-10-2-1-3-11-26)22(29)27(21(19)28)13-14-4-7-16(25)8-5-14/h4-9,12H,1-3,10-11,13H2. The molecule has 0 spiro atoms. The van der Waals surface area contributed by atoms with Gasteiger partial charge in [0.2, 0.25) is 0 Å². The molecule has 0 bridgehead atoms. The number of hydrogen-bond donors (Lipinski definition) is 0. The summed E-state index contributed by atoms with van der Waals surface area (Å²) in [6, 6.07) is 10.7. The molecule has 7 heteroatoms. The van der Waals surface area contributed by atoms with Gasteiger partial charge >= 0.3 is 0 Å². The third-order valence-corrected chi connectivity index (χ3v) is 5.82. The molecule has 1 fully saturated rings. The molecule has 0 atom stereocenters. The number of carbonyl (C=O) groups is 2. The quantitative estimate of drug-likeness (QED) is 0.645. The molecule has 2 amide bonds. The van der Waals surface area contributed by atoms with E-state index in [0.717, 1.165) is 19.3 Å². The monoisotopic (exact) mass is 432 g/mol. The van der Waals surface area contributed by atoms with Gasteiger partial charge in [0.05, 0.1) is 17.1 Å². The Morgan fingerprint density at radius 2 is 1.59 bits per heavy atom. The summed E-state index contributed by atoms with van der Waals surface area (Å²) in [6.07, 6.45) is 3.03. The summed E-state index contributed by atoms with van der Waals surface area (Å²) in [5.41, 5.74) is 1.87. The summed E-state index contributed by atoms with van der Waals surface area (Å²) in [5, 5.41) is 0.783. The summed E-state index contributed by atoms with van der Waals surface area (Å²) in [4.78, 5) is 29.8. The second kappa shape index (κ2) is 8.17. The van der Waals surface area contributed by atoms with Crippen molar-refractivity contribution >= 4 is 40.6 Å². The molecule has 1 saturated heterocycles. The fourth-order valence-corrected chi connectivity index (χ4v) is 4.33. The topological polar surface area (TPSA) is 40.6 Å². The molecule has 2 aliphatic rings. The van der Waals surface area contributed by atoms with E-state index in [1.54, 1.807) is 30.3 Å². The minimum atomic E-state index is -0.399. The van der Waals surface area contributed by atoms with Crippen molar-refractivity contribution < 1.29 is 14.0 Å². The predicted molar refractivity (Wildman–Crippen MR) is 111 cm³/mol. The number of imide groups is 1. The van der Waals surface area contributed by atoms with E-state index in [1.807, 2.05) is 4.90 Å². The highest BCUT2D eigenvalue weighted by Crippen LogP contribution is 2.37. The molecule has 150 valence electrons. The molecule has 2 aliphatic heterocycles. The Bertz CT molecular complexity index is 998. The minimum Gasteiger partial charge on any atom is -0.366 e. The van der Waals surface area contributed by atoms with Gasteiger partial charge in [0.15, 0.2) is 0 Å². The van der Waals surface area contributed by atoms with Gasteiger partial charge in [-0.25, -0.2) is 4.39 Å². The Hall–Kier alpha value is -2.37. The van der Waals surface area contributed by atoms with Crippen LogP contribution in [0.25, 0.3) is 5.57 Å². The van der Waals surface area contributed by atoms with Gasteiger partial charge < -0.3 is 4.90 Å². The number of halogens is 3. The molecule has 0 aliphatic carbocycles. The van der Waals surface area contributed by atoms with Crippen molar-refractivity contribution in [3.63, 3.8) is 0 Å². The SMILES string of the molecule is O=C1C(c2ccc(Cl)cc2Cl)=C(N2CCCCC2)C(=O)N1Cc1ccc(F)cc1. The molecule has 2 aromatic rings. The first kappa shape index (κ1) is 19.9.